The number of benzene rings is 1. The molecule has 1 rings (SSSR count). The fraction of sp³-hybridized carbons (Fsp3) is 0.385. The first kappa shape index (κ1) is 15.6. The number of carbonyl (C=O) groups excluding carboxylic acids is 1. The van der Waals surface area contributed by atoms with Crippen molar-refractivity contribution in [3.63, 3.8) is 0 Å². The lowest BCUT2D eigenvalue weighted by Gasteiger charge is -2.10. The molecule has 1 amide bonds. The number of methoxy groups -OCH3 is 1. The molecule has 0 aromatic heterocycles. The smallest absolute Gasteiger partial charge is 0.226 e. The maximum absolute atomic E-state index is 11.7. The van der Waals surface area contributed by atoms with E-state index in [0.29, 0.717) is 31.1 Å². The fourth-order valence-electron chi connectivity index (χ4n) is 1.43. The van der Waals surface area contributed by atoms with Gasteiger partial charge in [-0.1, -0.05) is 24.4 Å². The quantitative estimate of drug-likeness (QED) is 0.555. The normalized spacial score (nSPS) is 10.2. The van der Waals surface area contributed by atoms with Crippen LogP contribution in [0.15, 0.2) is 24.3 Å². The zero-order chi connectivity index (χ0) is 14.1. The van der Waals surface area contributed by atoms with E-state index in [0.717, 1.165) is 0 Å². The van der Waals surface area contributed by atoms with E-state index in [1.807, 2.05) is 12.1 Å². The molecule has 0 spiro atoms. The summed E-state index contributed by atoms with van der Waals surface area (Å²) in [6.45, 7) is 1.35. The Bertz CT molecular complexity index is 438. The van der Waals surface area contributed by atoms with E-state index in [2.05, 4.69) is 5.32 Å². The van der Waals surface area contributed by atoms with E-state index in [9.17, 15) is 4.79 Å². The van der Waals surface area contributed by atoms with Gasteiger partial charge in [0.05, 0.1) is 31.9 Å². The Labute approximate surface area is 118 Å². The number of hydrogen-bond acceptors (Lipinski definition) is 4. The van der Waals surface area contributed by atoms with Crippen molar-refractivity contribution in [3.05, 3.63) is 29.8 Å². The van der Waals surface area contributed by atoms with Gasteiger partial charge in [0, 0.05) is 12.7 Å². The molecule has 3 N–H and O–H groups in total. The van der Waals surface area contributed by atoms with E-state index < -0.39 is 0 Å². The van der Waals surface area contributed by atoms with Crippen LogP contribution in [0.1, 0.15) is 12.0 Å². The second-order valence-electron chi connectivity index (χ2n) is 3.81. The van der Waals surface area contributed by atoms with Crippen LogP contribution < -0.4 is 11.1 Å². The summed E-state index contributed by atoms with van der Waals surface area (Å²) in [4.78, 5) is 12.0. The molecule has 1 aromatic rings. The van der Waals surface area contributed by atoms with Crippen LogP contribution in [0.5, 0.6) is 0 Å². The minimum Gasteiger partial charge on any atom is -0.389 e. The highest BCUT2D eigenvalue weighted by atomic mass is 32.1. The van der Waals surface area contributed by atoms with Gasteiger partial charge in [-0.3, -0.25) is 4.79 Å². The third-order valence-corrected chi connectivity index (χ3v) is 2.59. The van der Waals surface area contributed by atoms with Crippen LogP contribution in [-0.2, 0) is 14.3 Å². The molecule has 0 aliphatic heterocycles. The fourth-order valence-corrected chi connectivity index (χ4v) is 1.61. The maximum atomic E-state index is 11.7. The summed E-state index contributed by atoms with van der Waals surface area (Å²) < 4.78 is 10.1. The molecule has 6 heteroatoms. The summed E-state index contributed by atoms with van der Waals surface area (Å²) in [5, 5.41) is 2.77. The van der Waals surface area contributed by atoms with Gasteiger partial charge in [0.15, 0.2) is 0 Å². The van der Waals surface area contributed by atoms with Crippen molar-refractivity contribution in [1.82, 2.24) is 0 Å². The van der Waals surface area contributed by atoms with Gasteiger partial charge in [-0.05, 0) is 12.1 Å². The minimum atomic E-state index is -0.138. The molecular weight excluding hydrogens is 264 g/mol. The number of nitrogens with one attached hydrogen (secondary N) is 1. The summed E-state index contributed by atoms with van der Waals surface area (Å²) in [7, 11) is 1.60. The monoisotopic (exact) mass is 282 g/mol. The van der Waals surface area contributed by atoms with Crippen LogP contribution in [0.4, 0.5) is 5.69 Å². The minimum absolute atomic E-state index is 0.138. The first-order valence-electron chi connectivity index (χ1n) is 5.90. The van der Waals surface area contributed by atoms with E-state index in [4.69, 9.17) is 27.4 Å². The second-order valence-corrected chi connectivity index (χ2v) is 4.25. The molecule has 0 aliphatic rings. The molecular formula is C13H18N2O3S. The van der Waals surface area contributed by atoms with Crippen LogP contribution in [0, 0.1) is 0 Å². The predicted molar refractivity (Wildman–Crippen MR) is 78.3 cm³/mol. The number of para-hydroxylation sites is 1. The summed E-state index contributed by atoms with van der Waals surface area (Å²) in [6, 6.07) is 7.16. The number of anilines is 1. The Hall–Kier alpha value is -1.50. The molecule has 0 saturated heterocycles. The Balaban J connectivity index is 2.42. The molecule has 0 bridgehead atoms. The number of carbonyl (C=O) groups is 1. The molecule has 0 radical (unpaired) electrons. The Morgan fingerprint density at radius 1 is 1.32 bits per heavy atom. The molecule has 19 heavy (non-hydrogen) atoms. The van der Waals surface area contributed by atoms with Crippen LogP contribution in [0.3, 0.4) is 0 Å². The largest absolute Gasteiger partial charge is 0.389 e. The van der Waals surface area contributed by atoms with Crippen molar-refractivity contribution < 1.29 is 14.3 Å². The van der Waals surface area contributed by atoms with Gasteiger partial charge in [-0.2, -0.15) is 0 Å². The number of hydrogen-bond donors (Lipinski definition) is 2. The summed E-state index contributed by atoms with van der Waals surface area (Å²) in [5.74, 6) is -0.138. The van der Waals surface area contributed by atoms with E-state index in [1.54, 1.807) is 19.2 Å². The molecule has 0 saturated carbocycles. The molecule has 104 valence electrons. The standard InChI is InChI=1S/C13H18N2O3S/c1-17-8-9-18-7-6-12(16)15-11-5-3-2-4-10(11)13(14)19/h2-5H,6-9H2,1H3,(H2,14,19)(H,15,16). The van der Waals surface area contributed by atoms with Gasteiger partial charge in [-0.25, -0.2) is 0 Å². The number of thiocarbonyl (C=S) groups is 1. The lowest BCUT2D eigenvalue weighted by molar-refractivity contribution is -0.117. The van der Waals surface area contributed by atoms with Gasteiger partial charge >= 0.3 is 0 Å². The van der Waals surface area contributed by atoms with E-state index in [-0.39, 0.29) is 17.3 Å². The van der Waals surface area contributed by atoms with Gasteiger partial charge in [-0.15, -0.1) is 0 Å². The SMILES string of the molecule is COCCOCCC(=O)Nc1ccccc1C(N)=S. The number of amides is 1. The zero-order valence-corrected chi connectivity index (χ0v) is 11.7. The molecule has 1 aromatic carbocycles. The second kappa shape index (κ2) is 8.58. The molecule has 0 atom stereocenters. The van der Waals surface area contributed by atoms with Gasteiger partial charge in [0.25, 0.3) is 0 Å². The van der Waals surface area contributed by atoms with Gasteiger partial charge in [0.2, 0.25) is 5.91 Å². The molecule has 0 fully saturated rings. The summed E-state index contributed by atoms with van der Waals surface area (Å²) in [5.41, 5.74) is 6.87. The Kier molecular flexibility index (Phi) is 7.02. The zero-order valence-electron chi connectivity index (χ0n) is 10.8. The third kappa shape index (κ3) is 5.78. The third-order valence-electron chi connectivity index (χ3n) is 2.37. The highest BCUT2D eigenvalue weighted by Crippen LogP contribution is 2.14. The van der Waals surface area contributed by atoms with Crippen molar-refractivity contribution in [3.8, 4) is 0 Å². The highest BCUT2D eigenvalue weighted by molar-refractivity contribution is 7.80. The van der Waals surface area contributed by atoms with Crippen LogP contribution in [-0.4, -0.2) is 37.8 Å². The first-order chi connectivity index (χ1) is 9.15. The Morgan fingerprint density at radius 2 is 2.05 bits per heavy atom. The molecule has 0 heterocycles. The van der Waals surface area contributed by atoms with Crippen molar-refractivity contribution >= 4 is 28.8 Å². The summed E-state index contributed by atoms with van der Waals surface area (Å²) in [6.07, 6.45) is 0.273. The Morgan fingerprint density at radius 3 is 2.74 bits per heavy atom. The predicted octanol–water partition coefficient (Wildman–Crippen LogP) is 1.31. The van der Waals surface area contributed by atoms with Crippen LogP contribution >= 0.6 is 12.2 Å². The van der Waals surface area contributed by atoms with Crippen molar-refractivity contribution in [2.24, 2.45) is 5.73 Å². The lowest BCUT2D eigenvalue weighted by atomic mass is 10.1. The van der Waals surface area contributed by atoms with Crippen molar-refractivity contribution in [1.29, 1.82) is 0 Å². The van der Waals surface area contributed by atoms with Gasteiger partial charge in [0.1, 0.15) is 4.99 Å². The van der Waals surface area contributed by atoms with Crippen molar-refractivity contribution in [2.45, 2.75) is 6.42 Å². The summed E-state index contributed by atoms with van der Waals surface area (Å²) >= 11 is 4.93. The van der Waals surface area contributed by atoms with Crippen molar-refractivity contribution in [2.75, 3.05) is 32.2 Å². The highest BCUT2D eigenvalue weighted by Gasteiger charge is 2.07. The number of rotatable bonds is 8. The van der Waals surface area contributed by atoms with Crippen LogP contribution in [0.25, 0.3) is 0 Å². The number of nitrogens with two attached hydrogens (primary N) is 1. The van der Waals surface area contributed by atoms with Crippen LogP contribution in [0.2, 0.25) is 0 Å². The molecule has 0 aliphatic carbocycles. The van der Waals surface area contributed by atoms with Gasteiger partial charge < -0.3 is 20.5 Å². The topological polar surface area (TPSA) is 73.6 Å². The lowest BCUT2D eigenvalue weighted by Crippen LogP contribution is -2.19. The number of ether oxygens (including phenoxy) is 2. The molecule has 5 nitrogen and oxygen atoms in total. The average Bonchev–Trinajstić information content (AvgIpc) is 2.39. The van der Waals surface area contributed by atoms with E-state index >= 15 is 0 Å². The molecule has 0 unspecified atom stereocenters. The first-order valence-corrected chi connectivity index (χ1v) is 6.31. The van der Waals surface area contributed by atoms with E-state index in [1.165, 1.54) is 0 Å². The maximum Gasteiger partial charge on any atom is 0.226 e. The average molecular weight is 282 g/mol.